The number of aliphatic imine (C=N–C) groups is 1. The third kappa shape index (κ3) is 2.14. The Kier molecular flexibility index (Phi) is 2.54. The predicted octanol–water partition coefficient (Wildman–Crippen LogP) is 2.22. The Hall–Kier alpha value is -1.51. The van der Waals surface area contributed by atoms with Gasteiger partial charge in [0.15, 0.2) is 5.96 Å². The topological polar surface area (TPSA) is 41.6 Å². The molecule has 0 atom stereocenters. The summed E-state index contributed by atoms with van der Waals surface area (Å²) in [6.07, 6.45) is 4.73. The van der Waals surface area contributed by atoms with E-state index in [2.05, 4.69) is 35.0 Å². The molecule has 17 heavy (non-hydrogen) atoms. The summed E-state index contributed by atoms with van der Waals surface area (Å²) in [7, 11) is 0. The fraction of sp³-hybridized carbons (Fsp3) is 0.500. The summed E-state index contributed by atoms with van der Waals surface area (Å²) in [6.45, 7) is 3.14. The first-order valence-electron chi connectivity index (χ1n) is 6.44. The Labute approximate surface area is 102 Å². The fourth-order valence-electron chi connectivity index (χ4n) is 2.42. The molecule has 2 N–H and O–H groups in total. The molecule has 1 aliphatic heterocycles. The number of hydrogen-bond acceptors (Lipinski definition) is 1. The van der Waals surface area contributed by atoms with Crippen LogP contribution in [0.3, 0.4) is 0 Å². The van der Waals surface area contributed by atoms with Crippen LogP contribution in [0.2, 0.25) is 0 Å². The van der Waals surface area contributed by atoms with Crippen LogP contribution in [0.25, 0.3) is 0 Å². The quantitative estimate of drug-likeness (QED) is 0.592. The van der Waals surface area contributed by atoms with Crippen LogP contribution in [0, 0.1) is 6.92 Å². The summed E-state index contributed by atoms with van der Waals surface area (Å²) in [5.41, 5.74) is 10.1. The van der Waals surface area contributed by atoms with Gasteiger partial charge in [0.05, 0.1) is 6.04 Å². The predicted molar refractivity (Wildman–Crippen MR) is 71.5 cm³/mol. The molecule has 0 unspecified atom stereocenters. The molecule has 90 valence electrons. The molecule has 0 bridgehead atoms. The van der Waals surface area contributed by atoms with Crippen molar-refractivity contribution in [3.8, 4) is 0 Å². The van der Waals surface area contributed by atoms with Gasteiger partial charge in [-0.15, -0.1) is 0 Å². The third-order valence-corrected chi connectivity index (χ3v) is 3.49. The summed E-state index contributed by atoms with van der Waals surface area (Å²) in [5, 5.41) is 0. The van der Waals surface area contributed by atoms with Crippen LogP contribution in [-0.2, 0) is 6.42 Å². The van der Waals surface area contributed by atoms with Crippen LogP contribution in [0.1, 0.15) is 30.4 Å². The zero-order valence-corrected chi connectivity index (χ0v) is 10.3. The van der Waals surface area contributed by atoms with Crippen molar-refractivity contribution < 1.29 is 0 Å². The molecule has 1 saturated carbocycles. The number of aryl methyl sites for hydroxylation is 2. The van der Waals surface area contributed by atoms with Crippen LogP contribution >= 0.6 is 0 Å². The second-order valence-corrected chi connectivity index (χ2v) is 5.11. The molecule has 1 fully saturated rings. The van der Waals surface area contributed by atoms with Gasteiger partial charge in [-0.2, -0.15) is 0 Å². The average molecular weight is 229 g/mol. The van der Waals surface area contributed by atoms with Crippen LogP contribution in [0.15, 0.2) is 23.2 Å². The van der Waals surface area contributed by atoms with Gasteiger partial charge in [0.25, 0.3) is 0 Å². The largest absolute Gasteiger partial charge is 0.370 e. The minimum atomic E-state index is 0.492. The van der Waals surface area contributed by atoms with E-state index < -0.39 is 0 Å². The Bertz CT molecular complexity index is 461. The SMILES string of the molecule is Cc1ccc2c(c1)CCCN2C(N)=NC1CC1. The molecule has 3 nitrogen and oxygen atoms in total. The summed E-state index contributed by atoms with van der Waals surface area (Å²) in [6, 6.07) is 7.10. The molecular weight excluding hydrogens is 210 g/mol. The highest BCUT2D eigenvalue weighted by Gasteiger charge is 2.24. The van der Waals surface area contributed by atoms with Gasteiger partial charge in [-0.05, 0) is 44.2 Å². The van der Waals surface area contributed by atoms with Crippen molar-refractivity contribution in [1.29, 1.82) is 0 Å². The smallest absolute Gasteiger partial charge is 0.196 e. The van der Waals surface area contributed by atoms with E-state index in [1.165, 1.54) is 29.7 Å². The molecule has 1 heterocycles. The molecule has 3 heteroatoms. The first kappa shape index (κ1) is 10.6. The number of rotatable bonds is 1. The van der Waals surface area contributed by atoms with Gasteiger partial charge in [-0.1, -0.05) is 17.7 Å². The van der Waals surface area contributed by atoms with E-state index in [9.17, 15) is 0 Å². The normalized spacial score (nSPS) is 20.3. The third-order valence-electron chi connectivity index (χ3n) is 3.49. The highest BCUT2D eigenvalue weighted by atomic mass is 15.3. The van der Waals surface area contributed by atoms with Crippen molar-refractivity contribution in [2.45, 2.75) is 38.6 Å². The molecule has 0 aromatic heterocycles. The van der Waals surface area contributed by atoms with E-state index in [1.54, 1.807) is 0 Å². The lowest BCUT2D eigenvalue weighted by Crippen LogP contribution is -2.41. The Morgan fingerprint density at radius 3 is 3.00 bits per heavy atom. The average Bonchev–Trinajstić information content (AvgIpc) is 3.11. The van der Waals surface area contributed by atoms with Gasteiger partial charge < -0.3 is 10.6 Å². The maximum absolute atomic E-state index is 6.12. The molecular formula is C14H19N3. The second-order valence-electron chi connectivity index (χ2n) is 5.11. The monoisotopic (exact) mass is 229 g/mol. The molecule has 0 amide bonds. The van der Waals surface area contributed by atoms with Crippen molar-refractivity contribution in [3.05, 3.63) is 29.3 Å². The van der Waals surface area contributed by atoms with E-state index in [4.69, 9.17) is 5.73 Å². The van der Waals surface area contributed by atoms with Crippen molar-refractivity contribution in [2.24, 2.45) is 10.7 Å². The van der Waals surface area contributed by atoms with E-state index in [1.807, 2.05) is 0 Å². The fourth-order valence-corrected chi connectivity index (χ4v) is 2.42. The number of fused-ring (bicyclic) bond motifs is 1. The van der Waals surface area contributed by atoms with Gasteiger partial charge in [0.1, 0.15) is 0 Å². The summed E-state index contributed by atoms with van der Waals surface area (Å²) in [4.78, 5) is 6.73. The molecule has 3 rings (SSSR count). The van der Waals surface area contributed by atoms with Gasteiger partial charge in [-0.25, -0.2) is 4.99 Å². The van der Waals surface area contributed by atoms with Gasteiger partial charge in [-0.3, -0.25) is 0 Å². The zero-order valence-electron chi connectivity index (χ0n) is 10.3. The first-order chi connectivity index (χ1) is 8.24. The lowest BCUT2D eigenvalue weighted by Gasteiger charge is -2.30. The molecule has 0 radical (unpaired) electrons. The van der Waals surface area contributed by atoms with Gasteiger partial charge in [0.2, 0.25) is 0 Å². The Morgan fingerprint density at radius 1 is 1.41 bits per heavy atom. The van der Waals surface area contributed by atoms with E-state index in [0.717, 1.165) is 19.4 Å². The number of guanidine groups is 1. The second kappa shape index (κ2) is 4.06. The number of anilines is 1. The number of hydrogen-bond donors (Lipinski definition) is 1. The minimum absolute atomic E-state index is 0.492. The summed E-state index contributed by atoms with van der Waals surface area (Å²) in [5.74, 6) is 0.706. The summed E-state index contributed by atoms with van der Waals surface area (Å²) < 4.78 is 0. The van der Waals surface area contributed by atoms with Crippen molar-refractivity contribution in [3.63, 3.8) is 0 Å². The highest BCUT2D eigenvalue weighted by Crippen LogP contribution is 2.29. The van der Waals surface area contributed by atoms with E-state index in [0.29, 0.717) is 12.0 Å². The molecule has 0 spiro atoms. The van der Waals surface area contributed by atoms with E-state index >= 15 is 0 Å². The highest BCUT2D eigenvalue weighted by molar-refractivity contribution is 5.96. The van der Waals surface area contributed by atoms with Crippen LogP contribution in [0.4, 0.5) is 5.69 Å². The number of benzene rings is 1. The van der Waals surface area contributed by atoms with Crippen LogP contribution in [0.5, 0.6) is 0 Å². The van der Waals surface area contributed by atoms with E-state index in [-0.39, 0.29) is 0 Å². The first-order valence-corrected chi connectivity index (χ1v) is 6.44. The lowest BCUT2D eigenvalue weighted by atomic mass is 10.00. The molecule has 1 aromatic rings. The Morgan fingerprint density at radius 2 is 2.24 bits per heavy atom. The number of nitrogens with two attached hydrogens (primary N) is 1. The van der Waals surface area contributed by atoms with Crippen LogP contribution < -0.4 is 10.6 Å². The maximum atomic E-state index is 6.12. The summed E-state index contributed by atoms with van der Waals surface area (Å²) >= 11 is 0. The maximum Gasteiger partial charge on any atom is 0.196 e. The van der Waals surface area contributed by atoms with Crippen molar-refractivity contribution in [2.75, 3.05) is 11.4 Å². The molecule has 2 aliphatic rings. The Balaban J connectivity index is 1.93. The molecule has 0 saturated heterocycles. The standard InChI is InChI=1S/C14H19N3/c1-10-4-7-13-11(9-10)3-2-8-17(13)14(15)16-12-5-6-12/h4,7,9,12H,2-3,5-6,8H2,1H3,(H2,15,16). The van der Waals surface area contributed by atoms with Crippen LogP contribution in [-0.4, -0.2) is 18.5 Å². The van der Waals surface area contributed by atoms with Crippen molar-refractivity contribution in [1.82, 2.24) is 0 Å². The van der Waals surface area contributed by atoms with Gasteiger partial charge >= 0.3 is 0 Å². The number of nitrogens with zero attached hydrogens (tertiary/aromatic N) is 2. The van der Waals surface area contributed by atoms with Crippen molar-refractivity contribution >= 4 is 11.6 Å². The zero-order chi connectivity index (χ0) is 11.8. The molecule has 1 aliphatic carbocycles. The van der Waals surface area contributed by atoms with Gasteiger partial charge in [0, 0.05) is 12.2 Å². The minimum Gasteiger partial charge on any atom is -0.370 e. The molecule has 1 aromatic carbocycles. The lowest BCUT2D eigenvalue weighted by molar-refractivity contribution is 0.771.